The number of hydrogen-bond acceptors (Lipinski definition) is 6. The molecule has 1 unspecified atom stereocenters. The quantitative estimate of drug-likeness (QED) is 0.296. The number of carbonyl (C=O) groups excluding carboxylic acids is 3. The summed E-state index contributed by atoms with van der Waals surface area (Å²) < 4.78 is 32.2. The Morgan fingerprint density at radius 2 is 1.82 bits per heavy atom. The molecule has 3 rings (SSSR count). The van der Waals surface area contributed by atoms with Crippen LogP contribution in [0.25, 0.3) is 0 Å². The fourth-order valence-electron chi connectivity index (χ4n) is 4.98. The van der Waals surface area contributed by atoms with Crippen LogP contribution in [0.4, 0.5) is 8.78 Å². The summed E-state index contributed by atoms with van der Waals surface area (Å²) in [6.07, 6.45) is -0.953. The third kappa shape index (κ3) is 8.06. The van der Waals surface area contributed by atoms with Crippen LogP contribution in [0.2, 0.25) is 0 Å². The van der Waals surface area contributed by atoms with Crippen LogP contribution in [0.3, 0.4) is 0 Å². The van der Waals surface area contributed by atoms with Crippen LogP contribution in [-0.2, 0) is 31.1 Å². The second kappa shape index (κ2) is 13.1. The van der Waals surface area contributed by atoms with Crippen LogP contribution < -0.4 is 10.6 Å². The molecule has 0 aromatic heterocycles. The van der Waals surface area contributed by atoms with Crippen LogP contribution in [0.15, 0.2) is 42.5 Å². The number of likely N-dealkylation sites (tertiary alicyclic amines) is 1. The molecule has 2 aromatic carbocycles. The molecule has 1 aliphatic rings. The van der Waals surface area contributed by atoms with Gasteiger partial charge in [-0.25, -0.2) is 8.78 Å². The molecule has 1 aliphatic heterocycles. The Balaban J connectivity index is 1.85. The first-order valence-corrected chi connectivity index (χ1v) is 13.0. The van der Waals surface area contributed by atoms with Crippen molar-refractivity contribution in [2.45, 2.75) is 63.6 Å². The molecular formula is C29H37F2N3O5. The number of amides is 2. The molecule has 2 amide bonds. The molecule has 0 aliphatic carbocycles. The summed E-state index contributed by atoms with van der Waals surface area (Å²) >= 11 is 0. The Kier molecular flexibility index (Phi) is 10.2. The van der Waals surface area contributed by atoms with E-state index in [-0.39, 0.29) is 37.8 Å². The number of aliphatic hydroxyl groups is 1. The molecule has 3 N–H and O–H groups in total. The average molecular weight is 546 g/mol. The molecule has 1 saturated heterocycles. The molecule has 8 nitrogen and oxygen atoms in total. The normalized spacial score (nSPS) is 18.6. The number of ether oxygens (including phenoxy) is 1. The van der Waals surface area contributed by atoms with Gasteiger partial charge in [-0.3, -0.25) is 14.4 Å². The van der Waals surface area contributed by atoms with Gasteiger partial charge >= 0.3 is 5.97 Å². The van der Waals surface area contributed by atoms with Crippen LogP contribution in [0.5, 0.6) is 0 Å². The predicted molar refractivity (Wildman–Crippen MR) is 142 cm³/mol. The highest BCUT2D eigenvalue weighted by atomic mass is 19.1. The summed E-state index contributed by atoms with van der Waals surface area (Å²) in [5.74, 6) is -2.58. The van der Waals surface area contributed by atoms with Gasteiger partial charge in [0.2, 0.25) is 11.8 Å². The largest absolute Gasteiger partial charge is 0.469 e. The monoisotopic (exact) mass is 545 g/mol. The first kappa shape index (κ1) is 30.2. The fourth-order valence-corrected chi connectivity index (χ4v) is 4.98. The lowest BCUT2D eigenvalue weighted by Crippen LogP contribution is -2.53. The van der Waals surface area contributed by atoms with Crippen LogP contribution in [0, 0.1) is 11.6 Å². The maximum absolute atomic E-state index is 13.8. The number of nitrogens with one attached hydrogen (secondary N) is 2. The molecule has 3 atom stereocenters. The lowest BCUT2D eigenvalue weighted by atomic mass is 9.86. The molecule has 0 radical (unpaired) electrons. The van der Waals surface area contributed by atoms with Gasteiger partial charge in [0.15, 0.2) is 0 Å². The van der Waals surface area contributed by atoms with Gasteiger partial charge in [0.1, 0.15) is 18.1 Å². The van der Waals surface area contributed by atoms with E-state index in [0.717, 1.165) is 17.2 Å². The number of esters is 1. The second-order valence-electron chi connectivity index (χ2n) is 10.4. The predicted octanol–water partition coefficient (Wildman–Crippen LogP) is 2.78. The van der Waals surface area contributed by atoms with Crippen molar-refractivity contribution in [2.24, 2.45) is 0 Å². The lowest BCUT2D eigenvalue weighted by molar-refractivity contribution is -0.146. The summed E-state index contributed by atoms with van der Waals surface area (Å²) in [6.45, 7) is 6.14. The molecular weight excluding hydrogens is 508 g/mol. The number of rotatable bonds is 11. The zero-order valence-corrected chi connectivity index (χ0v) is 22.8. The maximum atomic E-state index is 13.8. The van der Waals surface area contributed by atoms with Gasteiger partial charge in [0, 0.05) is 32.6 Å². The molecule has 1 fully saturated rings. The van der Waals surface area contributed by atoms with Gasteiger partial charge in [0.25, 0.3) is 0 Å². The topological polar surface area (TPSA) is 108 Å². The molecule has 39 heavy (non-hydrogen) atoms. The highest BCUT2D eigenvalue weighted by Gasteiger charge is 2.42. The number of nitrogens with zero attached hydrogens (tertiary/aromatic N) is 1. The van der Waals surface area contributed by atoms with E-state index in [0.29, 0.717) is 18.5 Å². The number of methoxy groups -OCH3 is 1. The minimum atomic E-state index is -1.12. The van der Waals surface area contributed by atoms with Gasteiger partial charge in [-0.1, -0.05) is 38.1 Å². The standard InChI is InChI=1S/C29H37F2N3O5/c1-18(2)21-6-5-7-22(13-21)29(8-9-34(17-29)27(37)15-28(38)39-4)32-16-26(36)25(33-19(3)35)12-20-10-23(30)14-24(31)11-20/h5-7,10-11,13-14,18,25-26,32,36H,8-9,12,15-17H2,1-4H3,(H,33,35)/t25-,26+,29?/m1/s1. The molecule has 0 spiro atoms. The number of aliphatic hydroxyl groups excluding tert-OH is 1. The van der Waals surface area contributed by atoms with E-state index < -0.39 is 41.2 Å². The third-order valence-electron chi connectivity index (χ3n) is 7.13. The number of halogens is 2. The van der Waals surface area contributed by atoms with E-state index in [1.807, 2.05) is 18.2 Å². The Morgan fingerprint density at radius 1 is 1.13 bits per heavy atom. The zero-order valence-electron chi connectivity index (χ0n) is 22.8. The van der Waals surface area contributed by atoms with Gasteiger partial charge < -0.3 is 25.4 Å². The SMILES string of the molecule is COC(=O)CC(=O)N1CCC(NC[C@H](O)[C@@H](Cc2cc(F)cc(F)c2)NC(C)=O)(c2cccc(C(C)C)c2)C1. The van der Waals surface area contributed by atoms with Crippen molar-refractivity contribution in [3.8, 4) is 0 Å². The highest BCUT2D eigenvalue weighted by Crippen LogP contribution is 2.34. The van der Waals surface area contributed by atoms with Gasteiger partial charge in [-0.2, -0.15) is 0 Å². The molecule has 212 valence electrons. The molecule has 0 saturated carbocycles. The average Bonchev–Trinajstić information content (AvgIpc) is 3.32. The highest BCUT2D eigenvalue weighted by molar-refractivity contribution is 5.94. The third-order valence-corrected chi connectivity index (χ3v) is 7.13. The van der Waals surface area contributed by atoms with Crippen molar-refractivity contribution >= 4 is 17.8 Å². The molecule has 2 aromatic rings. The lowest BCUT2D eigenvalue weighted by Gasteiger charge is -2.34. The number of benzene rings is 2. The van der Waals surface area contributed by atoms with Crippen LogP contribution >= 0.6 is 0 Å². The van der Waals surface area contributed by atoms with Crippen LogP contribution in [-0.4, -0.2) is 66.7 Å². The Bertz CT molecular complexity index is 1170. The van der Waals surface area contributed by atoms with E-state index in [1.54, 1.807) is 4.90 Å². The summed E-state index contributed by atoms with van der Waals surface area (Å²) in [4.78, 5) is 38.0. The second-order valence-corrected chi connectivity index (χ2v) is 10.4. The summed E-state index contributed by atoms with van der Waals surface area (Å²) in [7, 11) is 1.23. The van der Waals surface area contributed by atoms with Crippen molar-refractivity contribution < 1.29 is 33.0 Å². The Hall–Kier alpha value is -3.37. The van der Waals surface area contributed by atoms with Crippen molar-refractivity contribution in [3.63, 3.8) is 0 Å². The fraction of sp³-hybridized carbons (Fsp3) is 0.483. The van der Waals surface area contributed by atoms with Crippen LogP contribution in [0.1, 0.15) is 56.2 Å². The van der Waals surface area contributed by atoms with E-state index in [2.05, 4.69) is 35.3 Å². The van der Waals surface area contributed by atoms with Crippen molar-refractivity contribution in [1.29, 1.82) is 0 Å². The number of carbonyl (C=O) groups is 3. The summed E-state index contributed by atoms with van der Waals surface area (Å²) in [5, 5.41) is 17.3. The van der Waals surface area contributed by atoms with E-state index in [1.165, 1.54) is 26.2 Å². The Labute approximate surface area is 227 Å². The molecule has 0 bridgehead atoms. The smallest absolute Gasteiger partial charge is 0.315 e. The van der Waals surface area contributed by atoms with Gasteiger partial charge in [-0.15, -0.1) is 0 Å². The van der Waals surface area contributed by atoms with Gasteiger partial charge in [0.05, 0.1) is 24.8 Å². The first-order chi connectivity index (χ1) is 18.4. The number of hydrogen-bond donors (Lipinski definition) is 3. The molecule has 10 heteroatoms. The summed E-state index contributed by atoms with van der Waals surface area (Å²) in [5.41, 5.74) is 1.60. The van der Waals surface area contributed by atoms with Crippen molar-refractivity contribution in [2.75, 3.05) is 26.7 Å². The minimum Gasteiger partial charge on any atom is -0.469 e. The van der Waals surface area contributed by atoms with E-state index in [4.69, 9.17) is 0 Å². The van der Waals surface area contributed by atoms with E-state index >= 15 is 0 Å². The Morgan fingerprint density at radius 3 is 2.44 bits per heavy atom. The summed E-state index contributed by atoms with van der Waals surface area (Å²) in [6, 6.07) is 10.3. The first-order valence-electron chi connectivity index (χ1n) is 13.0. The maximum Gasteiger partial charge on any atom is 0.315 e. The zero-order chi connectivity index (χ0) is 28.7. The molecule has 1 heterocycles. The van der Waals surface area contributed by atoms with E-state index in [9.17, 15) is 28.3 Å². The van der Waals surface area contributed by atoms with Gasteiger partial charge in [-0.05, 0) is 47.6 Å². The van der Waals surface area contributed by atoms with Crippen molar-refractivity contribution in [3.05, 3.63) is 70.8 Å². The minimum absolute atomic E-state index is 0.0106. The van der Waals surface area contributed by atoms with Crippen molar-refractivity contribution in [1.82, 2.24) is 15.5 Å².